The number of aromatic nitrogens is 3. The highest BCUT2D eigenvalue weighted by atomic mass is 16.3. The van der Waals surface area contributed by atoms with Crippen LogP contribution in [0.1, 0.15) is 77.6 Å². The minimum Gasteiger partial charge on any atom is -0.456 e. The topological polar surface area (TPSA) is 55.1 Å². The van der Waals surface area contributed by atoms with Crippen molar-refractivity contribution in [2.75, 3.05) is 4.90 Å². The van der Waals surface area contributed by atoms with E-state index in [4.69, 9.17) is 19.4 Å². The highest BCUT2D eigenvalue weighted by Gasteiger charge is 2.50. The van der Waals surface area contributed by atoms with Gasteiger partial charge in [-0.05, 0) is 186 Å². The van der Waals surface area contributed by atoms with Crippen LogP contribution >= 0.6 is 0 Å². The second-order valence-corrected chi connectivity index (χ2v) is 29.8. The third-order valence-corrected chi connectivity index (χ3v) is 23.7. The molecule has 0 atom stereocenters. The molecule has 5 heteroatoms. The first-order valence-corrected chi connectivity index (χ1v) is 35.1. The molecule has 2 heterocycles. The van der Waals surface area contributed by atoms with E-state index in [9.17, 15) is 0 Å². The van der Waals surface area contributed by atoms with Gasteiger partial charge in [0.05, 0.1) is 5.69 Å². The van der Waals surface area contributed by atoms with E-state index in [0.29, 0.717) is 17.5 Å². The van der Waals surface area contributed by atoms with Gasteiger partial charge in [0.1, 0.15) is 11.2 Å². The minimum atomic E-state index is -0.274. The van der Waals surface area contributed by atoms with Crippen LogP contribution in [0, 0.1) is 0 Å². The summed E-state index contributed by atoms with van der Waals surface area (Å²) < 4.78 is 7.08. The van der Waals surface area contributed by atoms with Crippen LogP contribution in [0.25, 0.3) is 154 Å². The quantitative estimate of drug-likeness (QED) is 0.142. The van der Waals surface area contributed by atoms with E-state index in [1.165, 1.54) is 110 Å². The highest BCUT2D eigenvalue weighted by molar-refractivity contribution is 6.21. The zero-order valence-electron chi connectivity index (χ0n) is 57.4. The third kappa shape index (κ3) is 8.77. The van der Waals surface area contributed by atoms with Gasteiger partial charge in [-0.3, -0.25) is 0 Å². The van der Waals surface area contributed by atoms with Gasteiger partial charge in [-0.25, -0.2) is 15.0 Å². The fourth-order valence-corrected chi connectivity index (χ4v) is 17.2. The van der Waals surface area contributed by atoms with Crippen molar-refractivity contribution in [1.29, 1.82) is 0 Å². The number of para-hydroxylation sites is 1. The number of fused-ring (bicyclic) bond motifs is 19. The van der Waals surface area contributed by atoms with E-state index in [-0.39, 0.29) is 21.7 Å². The first-order valence-electron chi connectivity index (χ1n) is 35.1. The van der Waals surface area contributed by atoms with Crippen molar-refractivity contribution in [3.8, 4) is 78.7 Å². The van der Waals surface area contributed by atoms with Gasteiger partial charge in [0.15, 0.2) is 17.5 Å². The molecule has 100 heavy (non-hydrogen) atoms. The summed E-state index contributed by atoms with van der Waals surface area (Å²) in [6, 6.07) is 107. The summed E-state index contributed by atoms with van der Waals surface area (Å²) in [5.74, 6) is 1.92. The van der Waals surface area contributed by atoms with Crippen LogP contribution in [0.5, 0.6) is 0 Å². The van der Waals surface area contributed by atoms with E-state index in [2.05, 4.69) is 315 Å². The minimum absolute atomic E-state index is 0.215. The normalized spacial score (nSPS) is 14.7. The highest BCUT2D eigenvalue weighted by Crippen LogP contribution is 2.61. The van der Waals surface area contributed by atoms with Gasteiger partial charge >= 0.3 is 0 Å². The molecule has 2 aliphatic rings. The van der Waals surface area contributed by atoms with Crippen LogP contribution in [0.4, 0.5) is 17.1 Å². The molecule has 0 amide bonds. The third-order valence-electron chi connectivity index (χ3n) is 23.7. The molecule has 0 saturated heterocycles. The van der Waals surface area contributed by atoms with Crippen LogP contribution in [-0.2, 0) is 21.7 Å². The van der Waals surface area contributed by atoms with Crippen LogP contribution in [0.15, 0.2) is 296 Å². The second kappa shape index (κ2) is 21.9. The molecular formula is C95H72N4O. The Morgan fingerprint density at radius 1 is 0.270 bits per heavy atom. The molecule has 0 aliphatic heterocycles. The lowest BCUT2D eigenvalue weighted by atomic mass is 9.54. The van der Waals surface area contributed by atoms with Crippen molar-refractivity contribution >= 4 is 92.9 Å². The van der Waals surface area contributed by atoms with Crippen molar-refractivity contribution in [2.24, 2.45) is 0 Å². The zero-order chi connectivity index (χ0) is 67.6. The molecule has 17 aromatic rings. The predicted octanol–water partition coefficient (Wildman–Crippen LogP) is 25.8. The first-order chi connectivity index (χ1) is 48.6. The van der Waals surface area contributed by atoms with E-state index in [1.807, 2.05) is 36.4 Å². The molecule has 5 nitrogen and oxygen atoms in total. The number of hydrogen-bond acceptors (Lipinski definition) is 5. The summed E-state index contributed by atoms with van der Waals surface area (Å²) >= 11 is 0. The van der Waals surface area contributed by atoms with Crippen LogP contribution in [-0.4, -0.2) is 15.0 Å². The maximum absolute atomic E-state index is 7.08. The average Bonchev–Trinajstić information content (AvgIpc) is 0.828. The molecule has 0 radical (unpaired) electrons. The first kappa shape index (κ1) is 59.5. The fraction of sp³-hybridized carbons (Fsp3) is 0.126. The Balaban J connectivity index is 0.713. The Hall–Kier alpha value is -11.8. The number of furan rings is 1. The molecule has 478 valence electrons. The zero-order valence-corrected chi connectivity index (χ0v) is 57.4. The Kier molecular flexibility index (Phi) is 13.0. The number of hydrogen-bond donors (Lipinski definition) is 0. The molecule has 19 rings (SSSR count). The molecular weight excluding hydrogens is 1210 g/mol. The van der Waals surface area contributed by atoms with Gasteiger partial charge in [0.25, 0.3) is 0 Å². The molecule has 0 bridgehead atoms. The van der Waals surface area contributed by atoms with Gasteiger partial charge in [-0.1, -0.05) is 286 Å². The largest absolute Gasteiger partial charge is 0.456 e. The van der Waals surface area contributed by atoms with E-state index < -0.39 is 0 Å². The SMILES string of the molecule is CC1(C)c2ccc3c(ccc4ccccc43)c2-c2cccc(N(c3ccccc3)c3ccc4c(c3)oc3cc(-c5ccc6ccc7c(ccc8ccc9c(c87)C(C)(C)C(C)(C)c7cccc(-c8cccc(-c%10nc(-c%11ccccc%11)nc(-c%11ccccc%11)n%10)c8)c7-9)c6c5)ccc34)c2C1(C)C. The van der Waals surface area contributed by atoms with Gasteiger partial charge in [0.2, 0.25) is 0 Å². The van der Waals surface area contributed by atoms with E-state index >= 15 is 0 Å². The van der Waals surface area contributed by atoms with Crippen molar-refractivity contribution in [3.05, 3.63) is 313 Å². The molecule has 0 fully saturated rings. The van der Waals surface area contributed by atoms with E-state index in [0.717, 1.165) is 66.7 Å². The lowest BCUT2D eigenvalue weighted by Crippen LogP contribution is -2.44. The van der Waals surface area contributed by atoms with Crippen molar-refractivity contribution in [3.63, 3.8) is 0 Å². The van der Waals surface area contributed by atoms with Crippen molar-refractivity contribution in [1.82, 2.24) is 15.0 Å². The maximum Gasteiger partial charge on any atom is 0.164 e. The standard InChI is InChI=1S/C95H72N4O/c1-92(2)79-35-21-33-69(64-28-20-29-65(53-64)91-97-89(60-24-12-9-13-25-60)96-90(98-91)61-26-14-10-15-27-61)85(79)77-49-42-59-41-45-71-74(84(59)88(77)95(92,7)8)47-40-58-37-38-62(54-78(58)71)63-43-46-72-73-50-44-67(56-83(73)100-82(72)55-63)99(66-30-16-11-17-31-66)81-36-22-34-76-86-75-48-39-57-23-18-19-32-68(57)70(75)51-52-80(86)93(3,4)94(5,6)87(76)81/h9-56H,1-8H3. The van der Waals surface area contributed by atoms with Crippen LogP contribution in [0.3, 0.4) is 0 Å². The molecule has 2 aliphatic carbocycles. The Bertz CT molecular complexity index is 6220. The van der Waals surface area contributed by atoms with Gasteiger partial charge in [-0.2, -0.15) is 0 Å². The fourth-order valence-electron chi connectivity index (χ4n) is 17.2. The number of anilines is 3. The Morgan fingerprint density at radius 3 is 1.52 bits per heavy atom. The second-order valence-electron chi connectivity index (χ2n) is 29.8. The lowest BCUT2D eigenvalue weighted by molar-refractivity contribution is 0.300. The van der Waals surface area contributed by atoms with Crippen molar-refractivity contribution in [2.45, 2.75) is 77.0 Å². The summed E-state index contributed by atoms with van der Waals surface area (Å²) in [4.78, 5) is 17.8. The molecule has 0 saturated carbocycles. The van der Waals surface area contributed by atoms with Crippen LogP contribution < -0.4 is 4.90 Å². The average molecular weight is 1290 g/mol. The molecule has 0 spiro atoms. The number of rotatable bonds is 8. The Labute approximate surface area is 582 Å². The number of benzene rings is 15. The van der Waals surface area contributed by atoms with Gasteiger partial charge < -0.3 is 9.32 Å². The lowest BCUT2D eigenvalue weighted by Gasteiger charge is -2.50. The Morgan fingerprint density at radius 2 is 0.770 bits per heavy atom. The predicted molar refractivity (Wildman–Crippen MR) is 419 cm³/mol. The summed E-state index contributed by atoms with van der Waals surface area (Å²) in [5, 5.41) is 14.8. The smallest absolute Gasteiger partial charge is 0.164 e. The monoisotopic (exact) mass is 1280 g/mol. The summed E-state index contributed by atoms with van der Waals surface area (Å²) in [7, 11) is 0. The summed E-state index contributed by atoms with van der Waals surface area (Å²) in [5.41, 5.74) is 21.9. The number of nitrogens with zero attached hydrogens (tertiary/aromatic N) is 4. The maximum atomic E-state index is 7.08. The van der Waals surface area contributed by atoms with Gasteiger partial charge in [0, 0.05) is 55.7 Å². The molecule has 2 aromatic heterocycles. The van der Waals surface area contributed by atoms with E-state index in [1.54, 1.807) is 0 Å². The van der Waals surface area contributed by atoms with Crippen LogP contribution in [0.2, 0.25) is 0 Å². The summed E-state index contributed by atoms with van der Waals surface area (Å²) in [6.07, 6.45) is 0. The summed E-state index contributed by atoms with van der Waals surface area (Å²) in [6.45, 7) is 19.6. The molecule has 0 N–H and O–H groups in total. The molecule has 0 unspecified atom stereocenters. The molecule has 15 aromatic carbocycles. The van der Waals surface area contributed by atoms with Gasteiger partial charge in [-0.15, -0.1) is 0 Å². The van der Waals surface area contributed by atoms with Crippen molar-refractivity contribution < 1.29 is 4.42 Å².